The molecule has 0 spiro atoms. The Labute approximate surface area is 204 Å². The Balaban J connectivity index is 1.35. The summed E-state index contributed by atoms with van der Waals surface area (Å²) in [5, 5.41) is 4.75. The van der Waals surface area contributed by atoms with Gasteiger partial charge in [0.05, 0.1) is 18.5 Å². The van der Waals surface area contributed by atoms with Crippen molar-refractivity contribution in [3.8, 4) is 28.3 Å². The third kappa shape index (κ3) is 4.80. The third-order valence-electron chi connectivity index (χ3n) is 6.14. The van der Waals surface area contributed by atoms with Gasteiger partial charge in [0.2, 0.25) is 11.8 Å². The normalized spacial score (nSPS) is 13.7. The summed E-state index contributed by atoms with van der Waals surface area (Å²) in [5.74, 6) is 0.435. The Morgan fingerprint density at radius 1 is 0.886 bits per heavy atom. The summed E-state index contributed by atoms with van der Waals surface area (Å²) in [6.45, 7) is 0.972. The van der Waals surface area contributed by atoms with Crippen molar-refractivity contribution in [1.29, 1.82) is 0 Å². The molecular formula is C28H26N4O3. The molecule has 1 fully saturated rings. The lowest BCUT2D eigenvalue weighted by molar-refractivity contribution is -0.137. The van der Waals surface area contributed by atoms with E-state index in [0.717, 1.165) is 28.2 Å². The predicted octanol–water partition coefficient (Wildman–Crippen LogP) is 4.10. The van der Waals surface area contributed by atoms with Crippen LogP contribution in [0.1, 0.15) is 0 Å². The molecule has 4 aromatic rings. The van der Waals surface area contributed by atoms with Crippen LogP contribution in [0.4, 0.5) is 5.69 Å². The number of carbonyl (C=O) groups excluding carboxylic acids is 2. The fraction of sp³-hybridized carbons (Fsp3) is 0.179. The molecule has 1 aliphatic heterocycles. The van der Waals surface area contributed by atoms with Crippen LogP contribution in [-0.2, 0) is 16.1 Å². The highest BCUT2D eigenvalue weighted by molar-refractivity contribution is 5.98. The zero-order valence-corrected chi connectivity index (χ0v) is 19.5. The maximum Gasteiger partial charge on any atom is 0.246 e. The first-order chi connectivity index (χ1) is 17.1. The molecule has 1 saturated heterocycles. The first-order valence-electron chi connectivity index (χ1n) is 11.5. The van der Waals surface area contributed by atoms with Crippen molar-refractivity contribution in [3.63, 3.8) is 0 Å². The first kappa shape index (κ1) is 22.4. The number of carbonyl (C=O) groups is 2. The number of benzene rings is 3. The molecule has 0 atom stereocenters. The Morgan fingerprint density at radius 3 is 2.29 bits per heavy atom. The van der Waals surface area contributed by atoms with Crippen LogP contribution in [0.2, 0.25) is 0 Å². The number of ether oxygens (including phenoxy) is 1. The summed E-state index contributed by atoms with van der Waals surface area (Å²) in [4.78, 5) is 29.5. The second kappa shape index (κ2) is 9.85. The van der Waals surface area contributed by atoms with E-state index in [9.17, 15) is 9.59 Å². The van der Waals surface area contributed by atoms with E-state index in [0.29, 0.717) is 18.8 Å². The van der Waals surface area contributed by atoms with Gasteiger partial charge in [0.1, 0.15) is 18.8 Å². The minimum absolute atomic E-state index is 0.0313. The van der Waals surface area contributed by atoms with Crippen LogP contribution in [0.5, 0.6) is 5.75 Å². The van der Waals surface area contributed by atoms with Crippen LogP contribution >= 0.6 is 0 Å². The van der Waals surface area contributed by atoms with E-state index >= 15 is 0 Å². The van der Waals surface area contributed by atoms with Gasteiger partial charge in [-0.2, -0.15) is 5.10 Å². The second-order valence-electron chi connectivity index (χ2n) is 8.37. The van der Waals surface area contributed by atoms with E-state index < -0.39 is 0 Å². The number of hydrogen-bond acceptors (Lipinski definition) is 4. The van der Waals surface area contributed by atoms with Gasteiger partial charge >= 0.3 is 0 Å². The number of piperazine rings is 1. The molecule has 0 aliphatic carbocycles. The van der Waals surface area contributed by atoms with Crippen LogP contribution in [0.25, 0.3) is 22.5 Å². The lowest BCUT2D eigenvalue weighted by Gasteiger charge is -2.34. The van der Waals surface area contributed by atoms with Crippen molar-refractivity contribution in [1.82, 2.24) is 14.7 Å². The molecule has 0 bridgehead atoms. The van der Waals surface area contributed by atoms with Crippen molar-refractivity contribution in [2.45, 2.75) is 6.54 Å². The van der Waals surface area contributed by atoms with Gasteiger partial charge in [0.15, 0.2) is 0 Å². The fourth-order valence-corrected chi connectivity index (χ4v) is 4.29. The smallest absolute Gasteiger partial charge is 0.246 e. The van der Waals surface area contributed by atoms with Crippen LogP contribution in [-0.4, -0.2) is 53.2 Å². The number of hydrogen-bond donors (Lipinski definition) is 0. The molecular weight excluding hydrogens is 440 g/mol. The van der Waals surface area contributed by atoms with E-state index in [2.05, 4.69) is 0 Å². The van der Waals surface area contributed by atoms with Gasteiger partial charge in [-0.15, -0.1) is 0 Å². The zero-order chi connectivity index (χ0) is 24.2. The lowest BCUT2D eigenvalue weighted by Crippen LogP contribution is -2.53. The number of aromatic nitrogens is 2. The predicted molar refractivity (Wildman–Crippen MR) is 135 cm³/mol. The Morgan fingerprint density at radius 2 is 1.60 bits per heavy atom. The largest absolute Gasteiger partial charge is 0.497 e. The molecule has 35 heavy (non-hydrogen) atoms. The van der Waals surface area contributed by atoms with Gasteiger partial charge in [-0.3, -0.25) is 14.3 Å². The maximum absolute atomic E-state index is 13.3. The second-order valence-corrected chi connectivity index (χ2v) is 8.37. The molecule has 1 aromatic heterocycles. The Hall–Kier alpha value is -4.39. The van der Waals surface area contributed by atoms with Crippen LogP contribution in [0.15, 0.2) is 91.0 Å². The lowest BCUT2D eigenvalue weighted by atomic mass is 10.1. The highest BCUT2D eigenvalue weighted by Gasteiger charge is 2.29. The van der Waals surface area contributed by atoms with Gasteiger partial charge < -0.3 is 14.5 Å². The maximum atomic E-state index is 13.3. The van der Waals surface area contributed by atoms with E-state index in [1.54, 1.807) is 21.6 Å². The van der Waals surface area contributed by atoms with Crippen LogP contribution < -0.4 is 9.64 Å². The fourth-order valence-electron chi connectivity index (χ4n) is 4.29. The van der Waals surface area contributed by atoms with E-state index in [1.807, 2.05) is 91.0 Å². The summed E-state index contributed by atoms with van der Waals surface area (Å²) in [6, 6.07) is 29.2. The minimum atomic E-state index is -0.136. The summed E-state index contributed by atoms with van der Waals surface area (Å²) >= 11 is 0. The molecule has 7 nitrogen and oxygen atoms in total. The number of methoxy groups -OCH3 is 1. The van der Waals surface area contributed by atoms with Gasteiger partial charge in [0.25, 0.3) is 0 Å². The van der Waals surface area contributed by atoms with Gasteiger partial charge in [-0.25, -0.2) is 0 Å². The molecule has 2 amide bonds. The molecule has 176 valence electrons. The topological polar surface area (TPSA) is 67.7 Å². The summed E-state index contributed by atoms with van der Waals surface area (Å²) in [6.07, 6.45) is 0. The van der Waals surface area contributed by atoms with Gasteiger partial charge in [0, 0.05) is 30.4 Å². The standard InChI is InChI=1S/C28H26N4O3/c1-35-24-14-8-13-23(17-24)31-16-15-30(19-28(31)34)27(33)20-32-26(22-11-6-3-7-12-22)18-25(29-32)21-9-4-2-5-10-21/h2-14,17-18H,15-16,19-20H2,1H3. The van der Waals surface area contributed by atoms with Gasteiger partial charge in [-0.05, 0) is 23.8 Å². The SMILES string of the molecule is COc1cccc(N2CCN(C(=O)Cn3nc(-c4ccccc4)cc3-c3ccccc3)CC2=O)c1. The van der Waals surface area contributed by atoms with E-state index in [-0.39, 0.29) is 24.9 Å². The van der Waals surface area contributed by atoms with Crippen LogP contribution in [0.3, 0.4) is 0 Å². The third-order valence-corrected chi connectivity index (χ3v) is 6.14. The minimum Gasteiger partial charge on any atom is -0.497 e. The highest BCUT2D eigenvalue weighted by Crippen LogP contribution is 2.27. The number of amides is 2. The average Bonchev–Trinajstić information content (AvgIpc) is 3.33. The number of nitrogens with zero attached hydrogens (tertiary/aromatic N) is 4. The average molecular weight is 467 g/mol. The molecule has 7 heteroatoms. The number of rotatable bonds is 6. The molecule has 0 unspecified atom stereocenters. The molecule has 0 radical (unpaired) electrons. The first-order valence-corrected chi connectivity index (χ1v) is 11.5. The molecule has 0 N–H and O–H groups in total. The zero-order valence-electron chi connectivity index (χ0n) is 19.5. The molecule has 0 saturated carbocycles. The molecule has 3 aromatic carbocycles. The van der Waals surface area contributed by atoms with Crippen molar-refractivity contribution < 1.29 is 14.3 Å². The van der Waals surface area contributed by atoms with E-state index in [4.69, 9.17) is 9.84 Å². The van der Waals surface area contributed by atoms with Crippen molar-refractivity contribution >= 4 is 17.5 Å². The van der Waals surface area contributed by atoms with E-state index in [1.165, 1.54) is 0 Å². The monoisotopic (exact) mass is 466 g/mol. The molecule has 5 rings (SSSR count). The summed E-state index contributed by atoms with van der Waals surface area (Å²) in [5.41, 5.74) is 4.40. The number of anilines is 1. The van der Waals surface area contributed by atoms with Crippen LogP contribution in [0, 0.1) is 0 Å². The van der Waals surface area contributed by atoms with Crippen molar-refractivity contribution in [2.75, 3.05) is 31.6 Å². The van der Waals surface area contributed by atoms with Crippen molar-refractivity contribution in [3.05, 3.63) is 91.0 Å². The highest BCUT2D eigenvalue weighted by atomic mass is 16.5. The Bertz CT molecular complexity index is 1330. The summed E-state index contributed by atoms with van der Waals surface area (Å²) in [7, 11) is 1.60. The quantitative estimate of drug-likeness (QED) is 0.429. The van der Waals surface area contributed by atoms with Crippen molar-refractivity contribution in [2.24, 2.45) is 0 Å². The Kier molecular flexibility index (Phi) is 6.30. The molecule has 2 heterocycles. The molecule has 1 aliphatic rings. The summed E-state index contributed by atoms with van der Waals surface area (Å²) < 4.78 is 7.01. The van der Waals surface area contributed by atoms with Gasteiger partial charge in [-0.1, -0.05) is 66.7 Å².